The van der Waals surface area contributed by atoms with Crippen molar-refractivity contribution >= 4 is 28.5 Å². The normalized spacial score (nSPS) is 10.5. The van der Waals surface area contributed by atoms with E-state index in [1.54, 1.807) is 12.1 Å². The van der Waals surface area contributed by atoms with Gasteiger partial charge in [-0.2, -0.15) is 0 Å². The van der Waals surface area contributed by atoms with Gasteiger partial charge < -0.3 is 14.5 Å². The zero-order chi connectivity index (χ0) is 18.7. The Balaban J connectivity index is 1.68. The van der Waals surface area contributed by atoms with Crippen LogP contribution in [0, 0.1) is 11.6 Å². The molecule has 0 atom stereocenters. The minimum Gasteiger partial charge on any atom is -0.450 e. The number of hydrogen-bond acceptors (Lipinski definition) is 5. The van der Waals surface area contributed by atoms with E-state index in [9.17, 15) is 23.2 Å². The van der Waals surface area contributed by atoms with Crippen molar-refractivity contribution in [1.29, 1.82) is 0 Å². The molecule has 2 aromatic carbocycles. The molecular formula is C18H11F2NO5. The molecular weight excluding hydrogens is 348 g/mol. The Morgan fingerprint density at radius 3 is 2.65 bits per heavy atom. The molecule has 6 nitrogen and oxygen atoms in total. The maximum absolute atomic E-state index is 13.4. The summed E-state index contributed by atoms with van der Waals surface area (Å²) in [5.74, 6) is -3.88. The zero-order valence-corrected chi connectivity index (χ0v) is 13.1. The number of halogens is 2. The summed E-state index contributed by atoms with van der Waals surface area (Å²) in [5.41, 5.74) is -0.633. The predicted molar refractivity (Wildman–Crippen MR) is 87.8 cm³/mol. The summed E-state index contributed by atoms with van der Waals surface area (Å²) in [5, 5.41) is 2.37. The van der Waals surface area contributed by atoms with Crippen molar-refractivity contribution in [3.05, 3.63) is 76.1 Å². The van der Waals surface area contributed by atoms with Crippen LogP contribution in [0.25, 0.3) is 11.0 Å². The Morgan fingerprint density at radius 1 is 1.08 bits per heavy atom. The number of fused-ring (bicyclic) bond motifs is 1. The molecule has 26 heavy (non-hydrogen) atoms. The van der Waals surface area contributed by atoms with Gasteiger partial charge in [-0.05, 0) is 24.3 Å². The van der Waals surface area contributed by atoms with Crippen LogP contribution < -0.4 is 10.7 Å². The maximum Gasteiger partial charge on any atom is 0.374 e. The van der Waals surface area contributed by atoms with E-state index in [1.807, 2.05) is 0 Å². The Morgan fingerprint density at radius 2 is 1.85 bits per heavy atom. The van der Waals surface area contributed by atoms with E-state index in [2.05, 4.69) is 5.32 Å². The van der Waals surface area contributed by atoms with E-state index in [-0.39, 0.29) is 17.0 Å². The summed E-state index contributed by atoms with van der Waals surface area (Å²) in [6.45, 7) is -0.772. The number of para-hydroxylation sites is 1. The van der Waals surface area contributed by atoms with Crippen LogP contribution in [0.4, 0.5) is 14.5 Å². The number of esters is 1. The van der Waals surface area contributed by atoms with Crippen molar-refractivity contribution in [2.45, 2.75) is 0 Å². The molecule has 0 fully saturated rings. The fourth-order valence-corrected chi connectivity index (χ4v) is 2.19. The van der Waals surface area contributed by atoms with Gasteiger partial charge >= 0.3 is 5.97 Å². The Kier molecular flexibility index (Phi) is 4.74. The summed E-state index contributed by atoms with van der Waals surface area (Å²) in [4.78, 5) is 35.6. The van der Waals surface area contributed by atoms with E-state index < -0.39 is 35.5 Å². The van der Waals surface area contributed by atoms with Gasteiger partial charge in [0.1, 0.15) is 17.2 Å². The summed E-state index contributed by atoms with van der Waals surface area (Å²) >= 11 is 0. The fourth-order valence-electron chi connectivity index (χ4n) is 2.19. The lowest BCUT2D eigenvalue weighted by Gasteiger charge is -2.07. The molecule has 0 saturated heterocycles. The van der Waals surface area contributed by atoms with Crippen LogP contribution in [0.15, 0.2) is 57.7 Å². The highest BCUT2D eigenvalue weighted by Crippen LogP contribution is 2.15. The highest BCUT2D eigenvalue weighted by Gasteiger charge is 2.16. The molecule has 0 unspecified atom stereocenters. The Hall–Kier alpha value is -3.55. The van der Waals surface area contributed by atoms with Crippen LogP contribution in [-0.2, 0) is 9.53 Å². The minimum absolute atomic E-state index is 0.193. The highest BCUT2D eigenvalue weighted by molar-refractivity contribution is 5.95. The van der Waals surface area contributed by atoms with Crippen molar-refractivity contribution in [2.75, 3.05) is 11.9 Å². The topological polar surface area (TPSA) is 85.6 Å². The zero-order valence-electron chi connectivity index (χ0n) is 13.1. The number of carbonyl (C=O) groups is 2. The molecule has 0 radical (unpaired) electrons. The standard InChI is InChI=1S/C18H11F2NO5/c19-10-5-6-12(20)13(7-10)21-17(23)9-25-18(24)16-8-14(22)11-3-1-2-4-15(11)26-16/h1-8H,9H2,(H,21,23). The molecule has 3 aromatic rings. The van der Waals surface area contributed by atoms with Crippen LogP contribution in [0.5, 0.6) is 0 Å². The number of ether oxygens (including phenoxy) is 1. The number of nitrogens with one attached hydrogen (secondary N) is 1. The van der Waals surface area contributed by atoms with Crippen LogP contribution in [0.2, 0.25) is 0 Å². The molecule has 0 spiro atoms. The summed E-state index contributed by atoms with van der Waals surface area (Å²) in [7, 11) is 0. The smallest absolute Gasteiger partial charge is 0.374 e. The second-order valence-corrected chi connectivity index (χ2v) is 5.22. The third-order valence-electron chi connectivity index (χ3n) is 3.37. The van der Waals surface area contributed by atoms with Crippen LogP contribution in [0.1, 0.15) is 10.6 Å². The first-order chi connectivity index (χ1) is 12.4. The SMILES string of the molecule is O=C(COC(=O)c1cc(=O)c2ccccc2o1)Nc1cc(F)ccc1F. The molecule has 1 aromatic heterocycles. The molecule has 0 aliphatic rings. The van der Waals surface area contributed by atoms with Gasteiger partial charge in [-0.3, -0.25) is 9.59 Å². The lowest BCUT2D eigenvalue weighted by molar-refractivity contribution is -0.119. The van der Waals surface area contributed by atoms with Gasteiger partial charge in [0, 0.05) is 12.1 Å². The van der Waals surface area contributed by atoms with Crippen LogP contribution >= 0.6 is 0 Å². The molecule has 0 aliphatic carbocycles. The van der Waals surface area contributed by atoms with Gasteiger partial charge in [0.05, 0.1) is 11.1 Å². The van der Waals surface area contributed by atoms with Gasteiger partial charge in [-0.1, -0.05) is 12.1 Å². The number of carbonyl (C=O) groups excluding carboxylic acids is 2. The monoisotopic (exact) mass is 359 g/mol. The van der Waals surface area contributed by atoms with E-state index >= 15 is 0 Å². The van der Waals surface area contributed by atoms with E-state index in [0.717, 1.165) is 24.3 Å². The van der Waals surface area contributed by atoms with Gasteiger partial charge in [-0.15, -0.1) is 0 Å². The van der Waals surface area contributed by atoms with E-state index in [0.29, 0.717) is 5.39 Å². The maximum atomic E-state index is 13.4. The minimum atomic E-state index is -1.04. The number of rotatable bonds is 4. The second-order valence-electron chi connectivity index (χ2n) is 5.22. The third kappa shape index (κ3) is 3.75. The number of benzene rings is 2. The average Bonchev–Trinajstić information content (AvgIpc) is 2.62. The Labute approximate surface area is 145 Å². The molecule has 1 amide bonds. The molecule has 132 valence electrons. The molecule has 1 N–H and O–H groups in total. The Bertz CT molecular complexity index is 1060. The fraction of sp³-hybridized carbons (Fsp3) is 0.0556. The number of hydrogen-bond donors (Lipinski definition) is 1. The van der Waals surface area contributed by atoms with Crippen molar-refractivity contribution < 1.29 is 27.5 Å². The van der Waals surface area contributed by atoms with Gasteiger partial charge in [0.25, 0.3) is 5.91 Å². The number of anilines is 1. The number of amides is 1. The van der Waals surface area contributed by atoms with Crippen LogP contribution in [-0.4, -0.2) is 18.5 Å². The molecule has 0 saturated carbocycles. The van der Waals surface area contributed by atoms with Crippen LogP contribution in [0.3, 0.4) is 0 Å². The van der Waals surface area contributed by atoms with Crippen molar-refractivity contribution in [1.82, 2.24) is 0 Å². The lowest BCUT2D eigenvalue weighted by atomic mass is 10.2. The molecule has 1 heterocycles. The van der Waals surface area contributed by atoms with E-state index in [4.69, 9.17) is 9.15 Å². The first kappa shape index (κ1) is 17.3. The summed E-state index contributed by atoms with van der Waals surface area (Å²) in [6.07, 6.45) is 0. The first-order valence-electron chi connectivity index (χ1n) is 7.39. The summed E-state index contributed by atoms with van der Waals surface area (Å²) < 4.78 is 36.5. The van der Waals surface area contributed by atoms with Crippen molar-refractivity contribution in [3.8, 4) is 0 Å². The van der Waals surface area contributed by atoms with Gasteiger partial charge in [0.15, 0.2) is 12.0 Å². The largest absolute Gasteiger partial charge is 0.450 e. The van der Waals surface area contributed by atoms with Gasteiger partial charge in [0.2, 0.25) is 5.76 Å². The molecule has 0 aliphatic heterocycles. The van der Waals surface area contributed by atoms with Gasteiger partial charge in [-0.25, -0.2) is 13.6 Å². The van der Waals surface area contributed by atoms with E-state index in [1.165, 1.54) is 12.1 Å². The van der Waals surface area contributed by atoms with Crippen molar-refractivity contribution in [2.24, 2.45) is 0 Å². The second kappa shape index (κ2) is 7.14. The third-order valence-corrected chi connectivity index (χ3v) is 3.37. The molecule has 8 heteroatoms. The average molecular weight is 359 g/mol. The predicted octanol–water partition coefficient (Wildman–Crippen LogP) is 2.87. The highest BCUT2D eigenvalue weighted by atomic mass is 19.1. The summed E-state index contributed by atoms with van der Waals surface area (Å²) in [6, 6.07) is 9.80. The first-order valence-corrected chi connectivity index (χ1v) is 7.39. The lowest BCUT2D eigenvalue weighted by Crippen LogP contribution is -2.22. The molecule has 3 rings (SSSR count). The van der Waals surface area contributed by atoms with Crippen molar-refractivity contribution in [3.63, 3.8) is 0 Å². The quantitative estimate of drug-likeness (QED) is 0.724. The molecule has 0 bridgehead atoms.